The summed E-state index contributed by atoms with van der Waals surface area (Å²) in [7, 11) is 0. The molecule has 0 bridgehead atoms. The maximum atomic E-state index is 12.5. The van der Waals surface area contributed by atoms with Gasteiger partial charge in [0.15, 0.2) is 6.10 Å². The van der Waals surface area contributed by atoms with Crippen molar-refractivity contribution in [3.8, 4) is 5.75 Å². The lowest BCUT2D eigenvalue weighted by Gasteiger charge is -2.38. The summed E-state index contributed by atoms with van der Waals surface area (Å²) < 4.78 is 5.85. The van der Waals surface area contributed by atoms with E-state index in [0.717, 1.165) is 17.0 Å². The Hall–Kier alpha value is -1.55. The molecule has 2 rings (SSSR count). The molecular weight excluding hydrogens is 240 g/mol. The minimum Gasteiger partial charge on any atom is -0.478 e. The number of amides is 1. The summed E-state index contributed by atoms with van der Waals surface area (Å²) in [6, 6.07) is 5.91. The number of anilines is 1. The molecule has 0 aliphatic carbocycles. The van der Waals surface area contributed by atoms with E-state index in [1.807, 2.05) is 50.8 Å². The Morgan fingerprint density at radius 1 is 1.32 bits per heavy atom. The van der Waals surface area contributed by atoms with Gasteiger partial charge in [-0.05, 0) is 37.5 Å². The first-order valence-electron chi connectivity index (χ1n) is 6.78. The molecule has 19 heavy (non-hydrogen) atoms. The van der Waals surface area contributed by atoms with E-state index in [9.17, 15) is 4.79 Å². The molecule has 2 N–H and O–H groups in total. The van der Waals surface area contributed by atoms with Gasteiger partial charge < -0.3 is 15.4 Å². The summed E-state index contributed by atoms with van der Waals surface area (Å²) in [6.45, 7) is 8.49. The summed E-state index contributed by atoms with van der Waals surface area (Å²) in [6.07, 6.45) is -0.404. The zero-order valence-electron chi connectivity index (χ0n) is 12.0. The van der Waals surface area contributed by atoms with Crippen molar-refractivity contribution >= 4 is 11.6 Å². The Morgan fingerprint density at radius 2 is 2.00 bits per heavy atom. The van der Waals surface area contributed by atoms with Crippen LogP contribution >= 0.6 is 0 Å². The highest BCUT2D eigenvalue weighted by molar-refractivity contribution is 6.00. The molecule has 0 spiro atoms. The number of hydrogen-bond donors (Lipinski definition) is 1. The average molecular weight is 262 g/mol. The van der Waals surface area contributed by atoms with E-state index >= 15 is 0 Å². The molecule has 0 saturated heterocycles. The number of hydrogen-bond acceptors (Lipinski definition) is 3. The van der Waals surface area contributed by atoms with Crippen LogP contribution in [0.5, 0.6) is 5.75 Å². The van der Waals surface area contributed by atoms with Crippen molar-refractivity contribution in [2.75, 3.05) is 4.90 Å². The lowest BCUT2D eigenvalue weighted by Crippen LogP contribution is -2.51. The Balaban J connectivity index is 2.50. The highest BCUT2D eigenvalue weighted by Gasteiger charge is 2.37. The molecule has 0 fully saturated rings. The van der Waals surface area contributed by atoms with Crippen molar-refractivity contribution in [3.05, 3.63) is 23.8 Å². The van der Waals surface area contributed by atoms with Crippen LogP contribution < -0.4 is 15.4 Å². The second-order valence-electron chi connectivity index (χ2n) is 5.59. The number of fused-ring (bicyclic) bond motifs is 1. The fourth-order valence-electron chi connectivity index (χ4n) is 2.37. The fraction of sp³-hybridized carbons (Fsp3) is 0.533. The van der Waals surface area contributed by atoms with Crippen molar-refractivity contribution in [2.45, 2.75) is 46.4 Å². The van der Waals surface area contributed by atoms with Crippen LogP contribution in [0.25, 0.3) is 0 Å². The predicted octanol–water partition coefficient (Wildman–Crippen LogP) is 2.30. The fourth-order valence-corrected chi connectivity index (χ4v) is 2.37. The Labute approximate surface area is 114 Å². The Kier molecular flexibility index (Phi) is 3.80. The van der Waals surface area contributed by atoms with Crippen LogP contribution in [0.15, 0.2) is 18.2 Å². The van der Waals surface area contributed by atoms with Crippen LogP contribution in [0, 0.1) is 5.92 Å². The zero-order valence-corrected chi connectivity index (χ0v) is 12.0. The SMILES string of the molecule is CC(C)C1Oc2ccc(CN)cc2N(C(C)C)C1=O. The van der Waals surface area contributed by atoms with E-state index in [-0.39, 0.29) is 17.9 Å². The molecule has 1 heterocycles. The van der Waals surface area contributed by atoms with Crippen LogP contribution in [0.3, 0.4) is 0 Å². The van der Waals surface area contributed by atoms with E-state index < -0.39 is 6.10 Å². The molecule has 1 amide bonds. The van der Waals surface area contributed by atoms with Gasteiger partial charge in [0.05, 0.1) is 5.69 Å². The van der Waals surface area contributed by atoms with Crippen molar-refractivity contribution in [3.63, 3.8) is 0 Å². The maximum absolute atomic E-state index is 12.5. The molecule has 1 aliphatic heterocycles. The highest BCUT2D eigenvalue weighted by atomic mass is 16.5. The summed E-state index contributed by atoms with van der Waals surface area (Å²) in [5.41, 5.74) is 7.51. The molecule has 1 unspecified atom stereocenters. The number of carbonyl (C=O) groups is 1. The number of nitrogens with zero attached hydrogens (tertiary/aromatic N) is 1. The number of ether oxygens (including phenoxy) is 1. The van der Waals surface area contributed by atoms with Crippen LogP contribution in [0.1, 0.15) is 33.3 Å². The second kappa shape index (κ2) is 5.21. The summed E-state index contributed by atoms with van der Waals surface area (Å²) >= 11 is 0. The van der Waals surface area contributed by atoms with Crippen molar-refractivity contribution in [2.24, 2.45) is 11.7 Å². The van der Waals surface area contributed by atoms with Crippen LogP contribution in [0.4, 0.5) is 5.69 Å². The van der Waals surface area contributed by atoms with Gasteiger partial charge in [0, 0.05) is 12.6 Å². The largest absolute Gasteiger partial charge is 0.478 e. The van der Waals surface area contributed by atoms with Gasteiger partial charge >= 0.3 is 0 Å². The van der Waals surface area contributed by atoms with Gasteiger partial charge in [-0.1, -0.05) is 19.9 Å². The average Bonchev–Trinajstić information content (AvgIpc) is 2.36. The smallest absolute Gasteiger partial charge is 0.268 e. The standard InChI is InChI=1S/C15H22N2O2/c1-9(2)14-15(18)17(10(3)4)12-7-11(8-16)5-6-13(12)19-14/h5-7,9-10,14H,8,16H2,1-4H3. The van der Waals surface area contributed by atoms with E-state index in [1.54, 1.807) is 0 Å². The summed E-state index contributed by atoms with van der Waals surface area (Å²) in [4.78, 5) is 14.4. The maximum Gasteiger partial charge on any atom is 0.268 e. The van der Waals surface area contributed by atoms with Crippen LogP contribution in [-0.4, -0.2) is 18.1 Å². The minimum absolute atomic E-state index is 0.0340. The third kappa shape index (κ3) is 2.45. The monoisotopic (exact) mass is 262 g/mol. The number of nitrogens with two attached hydrogens (primary N) is 1. The zero-order chi connectivity index (χ0) is 14.2. The lowest BCUT2D eigenvalue weighted by molar-refractivity contribution is -0.128. The third-order valence-corrected chi connectivity index (χ3v) is 3.38. The summed E-state index contributed by atoms with van der Waals surface area (Å²) in [5, 5.41) is 0. The minimum atomic E-state index is -0.404. The number of carbonyl (C=O) groups excluding carboxylic acids is 1. The molecule has 0 radical (unpaired) electrons. The molecule has 4 heteroatoms. The van der Waals surface area contributed by atoms with Gasteiger partial charge in [0.2, 0.25) is 0 Å². The molecule has 104 valence electrons. The molecule has 1 aromatic rings. The topological polar surface area (TPSA) is 55.6 Å². The Bertz CT molecular complexity index is 483. The van der Waals surface area contributed by atoms with Gasteiger partial charge in [-0.2, -0.15) is 0 Å². The van der Waals surface area contributed by atoms with Crippen molar-refractivity contribution < 1.29 is 9.53 Å². The first-order chi connectivity index (χ1) is 8.95. The third-order valence-electron chi connectivity index (χ3n) is 3.38. The van der Waals surface area contributed by atoms with Gasteiger partial charge in [0.25, 0.3) is 5.91 Å². The van der Waals surface area contributed by atoms with E-state index in [4.69, 9.17) is 10.5 Å². The van der Waals surface area contributed by atoms with Gasteiger partial charge in [-0.3, -0.25) is 4.79 Å². The molecular formula is C15H22N2O2. The number of rotatable bonds is 3. The first-order valence-corrected chi connectivity index (χ1v) is 6.78. The molecule has 1 aliphatic rings. The normalized spacial score (nSPS) is 18.8. The highest BCUT2D eigenvalue weighted by Crippen LogP contribution is 2.37. The van der Waals surface area contributed by atoms with E-state index in [0.29, 0.717) is 6.54 Å². The van der Waals surface area contributed by atoms with Gasteiger partial charge in [-0.15, -0.1) is 0 Å². The van der Waals surface area contributed by atoms with E-state index in [2.05, 4.69) is 0 Å². The van der Waals surface area contributed by atoms with Crippen LogP contribution in [0.2, 0.25) is 0 Å². The first kappa shape index (κ1) is 13.9. The number of benzene rings is 1. The van der Waals surface area contributed by atoms with Gasteiger partial charge in [-0.25, -0.2) is 0 Å². The molecule has 1 aromatic carbocycles. The van der Waals surface area contributed by atoms with Crippen molar-refractivity contribution in [1.82, 2.24) is 0 Å². The predicted molar refractivity (Wildman–Crippen MR) is 76.2 cm³/mol. The summed E-state index contributed by atoms with van der Waals surface area (Å²) in [5.74, 6) is 0.951. The van der Waals surface area contributed by atoms with Crippen molar-refractivity contribution in [1.29, 1.82) is 0 Å². The second-order valence-corrected chi connectivity index (χ2v) is 5.59. The molecule has 0 saturated carbocycles. The Morgan fingerprint density at radius 3 is 2.53 bits per heavy atom. The van der Waals surface area contributed by atoms with Crippen LogP contribution in [-0.2, 0) is 11.3 Å². The lowest BCUT2D eigenvalue weighted by atomic mass is 10.0. The molecule has 1 atom stereocenters. The molecule has 4 nitrogen and oxygen atoms in total. The molecule has 0 aromatic heterocycles. The quantitative estimate of drug-likeness (QED) is 0.909. The van der Waals surface area contributed by atoms with Gasteiger partial charge in [0.1, 0.15) is 5.75 Å². The van der Waals surface area contributed by atoms with E-state index in [1.165, 1.54) is 0 Å².